The number of nitrogens with one attached hydrogen (secondary N) is 1. The van der Waals surface area contributed by atoms with Crippen molar-refractivity contribution in [1.29, 1.82) is 0 Å². The van der Waals surface area contributed by atoms with Crippen LogP contribution < -0.4 is 15.0 Å². The van der Waals surface area contributed by atoms with Crippen LogP contribution in [0.3, 0.4) is 0 Å². The van der Waals surface area contributed by atoms with Crippen molar-refractivity contribution in [3.8, 4) is 11.5 Å². The van der Waals surface area contributed by atoms with E-state index in [1.165, 1.54) is 44.9 Å². The van der Waals surface area contributed by atoms with Gasteiger partial charge in [-0.25, -0.2) is 4.79 Å². The number of hydrogen-bond donors (Lipinski definition) is 1. The number of carbonyl (C=O) groups is 1. The van der Waals surface area contributed by atoms with Crippen LogP contribution in [-0.4, -0.2) is 25.6 Å². The Kier molecular flexibility index (Phi) is 6.77. The first-order chi connectivity index (χ1) is 18.6. The number of ether oxygens (including phenoxy) is 2. The molecular formula is C33H38N2O3. The average molecular weight is 511 g/mol. The first kappa shape index (κ1) is 24.8. The molecule has 0 amide bonds. The molecule has 38 heavy (non-hydrogen) atoms. The molecule has 1 unspecified atom stereocenters. The highest BCUT2D eigenvalue weighted by atomic mass is 16.6. The van der Waals surface area contributed by atoms with Crippen LogP contribution in [0.5, 0.6) is 11.5 Å². The van der Waals surface area contributed by atoms with Gasteiger partial charge in [-0.05, 0) is 62.1 Å². The largest absolute Gasteiger partial charge is 0.456 e. The number of benzene rings is 3. The molecule has 6 rings (SSSR count). The van der Waals surface area contributed by atoms with Crippen LogP contribution in [0.1, 0.15) is 90.9 Å². The summed E-state index contributed by atoms with van der Waals surface area (Å²) in [4.78, 5) is 15.6. The monoisotopic (exact) mass is 510 g/mol. The minimum absolute atomic E-state index is 0.287. The van der Waals surface area contributed by atoms with E-state index in [1.807, 2.05) is 24.3 Å². The molecule has 3 aliphatic rings. The van der Waals surface area contributed by atoms with Gasteiger partial charge >= 0.3 is 5.97 Å². The molecule has 3 aromatic carbocycles. The molecule has 0 aliphatic carbocycles. The van der Waals surface area contributed by atoms with E-state index in [4.69, 9.17) is 9.47 Å². The van der Waals surface area contributed by atoms with Gasteiger partial charge < -0.3 is 19.7 Å². The Balaban J connectivity index is 1.38. The molecule has 0 radical (unpaired) electrons. The highest BCUT2D eigenvalue weighted by Crippen LogP contribution is 2.57. The van der Waals surface area contributed by atoms with Crippen molar-refractivity contribution in [2.24, 2.45) is 0 Å². The van der Waals surface area contributed by atoms with Crippen LogP contribution in [0.4, 0.5) is 11.4 Å². The maximum Gasteiger partial charge on any atom is 0.340 e. The first-order valence-electron chi connectivity index (χ1n) is 14.4. The van der Waals surface area contributed by atoms with Gasteiger partial charge in [-0.1, -0.05) is 57.2 Å². The maximum absolute atomic E-state index is 13.2. The summed E-state index contributed by atoms with van der Waals surface area (Å²) >= 11 is 0. The molecule has 1 spiro atoms. The third kappa shape index (κ3) is 4.22. The number of nitrogens with zero attached hydrogens (tertiary/aromatic N) is 1. The Morgan fingerprint density at radius 1 is 0.868 bits per heavy atom. The fourth-order valence-corrected chi connectivity index (χ4v) is 6.30. The summed E-state index contributed by atoms with van der Waals surface area (Å²) in [7, 11) is 0. The normalized spacial score (nSPS) is 19.1. The van der Waals surface area contributed by atoms with Crippen molar-refractivity contribution in [3.63, 3.8) is 0 Å². The summed E-state index contributed by atoms with van der Waals surface area (Å²) in [6, 6.07) is 18.4. The second kappa shape index (κ2) is 10.4. The summed E-state index contributed by atoms with van der Waals surface area (Å²) in [5.74, 6) is 1.23. The highest BCUT2D eigenvalue weighted by molar-refractivity contribution is 5.97. The van der Waals surface area contributed by atoms with Crippen molar-refractivity contribution in [2.45, 2.75) is 70.8 Å². The molecule has 0 aromatic heterocycles. The minimum atomic E-state index is -1.02. The Morgan fingerprint density at radius 3 is 2.47 bits per heavy atom. The maximum atomic E-state index is 13.2. The molecule has 1 atom stereocenters. The van der Waals surface area contributed by atoms with Crippen molar-refractivity contribution in [1.82, 2.24) is 0 Å². The lowest BCUT2D eigenvalue weighted by Gasteiger charge is -2.37. The lowest BCUT2D eigenvalue weighted by atomic mass is 9.77. The molecule has 198 valence electrons. The Hall–Kier alpha value is -3.47. The van der Waals surface area contributed by atoms with Gasteiger partial charge in [0.15, 0.2) is 5.60 Å². The number of rotatable bonds is 9. The first-order valence-corrected chi connectivity index (χ1v) is 14.4. The SMILES string of the molecule is CCCCCCCCNc1cc2c(cc1C)Oc1cc(N3CCCC3)ccc1C21OC(=O)c2ccccc21. The molecule has 1 fully saturated rings. The fraction of sp³-hybridized carbons (Fsp3) is 0.424. The van der Waals surface area contributed by atoms with E-state index in [0.29, 0.717) is 5.56 Å². The summed E-state index contributed by atoms with van der Waals surface area (Å²) in [6.07, 6.45) is 10.0. The fourth-order valence-electron chi connectivity index (χ4n) is 6.30. The quantitative estimate of drug-likeness (QED) is 0.234. The van der Waals surface area contributed by atoms with Crippen molar-refractivity contribution in [3.05, 3.63) is 82.4 Å². The standard InChI is InChI=1S/C33H38N2O3/c1-3-4-5-6-7-10-17-34-29-22-28-30(20-23(29)2)37-31-21-24(35-18-11-12-19-35)15-16-27(31)33(28)26-14-9-8-13-25(26)32(36)38-33/h8-9,13-16,20-22,34H,3-7,10-12,17-19H2,1-2H3. The van der Waals surface area contributed by atoms with Crippen LogP contribution in [-0.2, 0) is 10.3 Å². The number of carbonyl (C=O) groups excluding carboxylic acids is 1. The number of aryl methyl sites for hydroxylation is 1. The Bertz CT molecular complexity index is 1340. The van der Waals surface area contributed by atoms with Gasteiger partial charge in [0.2, 0.25) is 0 Å². The number of hydrogen-bond acceptors (Lipinski definition) is 5. The summed E-state index contributed by atoms with van der Waals surface area (Å²) in [5.41, 5.74) is 5.60. The molecule has 3 heterocycles. The van der Waals surface area contributed by atoms with Gasteiger partial charge in [-0.15, -0.1) is 0 Å². The van der Waals surface area contributed by atoms with Gasteiger partial charge in [0, 0.05) is 53.8 Å². The predicted octanol–water partition coefficient (Wildman–Crippen LogP) is 7.94. The molecule has 1 N–H and O–H groups in total. The van der Waals surface area contributed by atoms with Crippen LogP contribution in [0.2, 0.25) is 0 Å². The summed E-state index contributed by atoms with van der Waals surface area (Å²) in [5, 5.41) is 3.66. The lowest BCUT2D eigenvalue weighted by molar-refractivity contribution is 0.0224. The number of esters is 1. The van der Waals surface area contributed by atoms with Gasteiger partial charge in [0.25, 0.3) is 0 Å². The smallest absolute Gasteiger partial charge is 0.340 e. The summed E-state index contributed by atoms with van der Waals surface area (Å²) < 4.78 is 13.0. The van der Waals surface area contributed by atoms with Crippen LogP contribution in [0, 0.1) is 6.92 Å². The zero-order chi connectivity index (χ0) is 26.1. The molecule has 0 saturated carbocycles. The second-order valence-corrected chi connectivity index (χ2v) is 11.0. The number of anilines is 2. The Morgan fingerprint density at radius 2 is 1.63 bits per heavy atom. The molecule has 5 heteroatoms. The van der Waals surface area contributed by atoms with Gasteiger partial charge in [-0.2, -0.15) is 0 Å². The minimum Gasteiger partial charge on any atom is -0.456 e. The topological polar surface area (TPSA) is 50.8 Å². The van der Waals surface area contributed by atoms with E-state index < -0.39 is 5.60 Å². The average Bonchev–Trinajstić information content (AvgIpc) is 3.57. The zero-order valence-electron chi connectivity index (χ0n) is 22.6. The number of unbranched alkanes of at least 4 members (excludes halogenated alkanes) is 5. The van der Waals surface area contributed by atoms with Gasteiger partial charge in [0.1, 0.15) is 11.5 Å². The van der Waals surface area contributed by atoms with E-state index in [2.05, 4.69) is 54.4 Å². The van der Waals surface area contributed by atoms with Crippen LogP contribution >= 0.6 is 0 Å². The van der Waals surface area contributed by atoms with E-state index in [0.717, 1.165) is 71.2 Å². The molecule has 3 aliphatic heterocycles. The zero-order valence-corrected chi connectivity index (χ0v) is 22.6. The molecule has 0 bridgehead atoms. The summed E-state index contributed by atoms with van der Waals surface area (Å²) in [6.45, 7) is 7.41. The van der Waals surface area contributed by atoms with E-state index >= 15 is 0 Å². The van der Waals surface area contributed by atoms with E-state index in [1.54, 1.807) is 0 Å². The lowest BCUT2D eigenvalue weighted by Crippen LogP contribution is -2.33. The van der Waals surface area contributed by atoms with E-state index in [9.17, 15) is 4.79 Å². The van der Waals surface area contributed by atoms with Crippen LogP contribution in [0.15, 0.2) is 54.6 Å². The van der Waals surface area contributed by atoms with Gasteiger partial charge in [-0.3, -0.25) is 0 Å². The van der Waals surface area contributed by atoms with Crippen molar-refractivity contribution >= 4 is 17.3 Å². The third-order valence-electron chi connectivity index (χ3n) is 8.36. The molecule has 5 nitrogen and oxygen atoms in total. The molecule has 3 aromatic rings. The Labute approximate surface area is 226 Å². The van der Waals surface area contributed by atoms with Crippen LogP contribution in [0.25, 0.3) is 0 Å². The predicted molar refractivity (Wildman–Crippen MR) is 153 cm³/mol. The van der Waals surface area contributed by atoms with E-state index in [-0.39, 0.29) is 5.97 Å². The van der Waals surface area contributed by atoms with Gasteiger partial charge in [0.05, 0.1) is 5.56 Å². The number of fused-ring (bicyclic) bond motifs is 6. The molecular weight excluding hydrogens is 472 g/mol. The second-order valence-electron chi connectivity index (χ2n) is 11.0. The van der Waals surface area contributed by atoms with Crippen molar-refractivity contribution in [2.75, 3.05) is 29.9 Å². The third-order valence-corrected chi connectivity index (χ3v) is 8.36. The van der Waals surface area contributed by atoms with Crippen molar-refractivity contribution < 1.29 is 14.3 Å². The molecule has 1 saturated heterocycles. The highest BCUT2D eigenvalue weighted by Gasteiger charge is 2.53.